The summed E-state index contributed by atoms with van der Waals surface area (Å²) in [6.45, 7) is 2.59. The SMILES string of the molecule is CCn1nccc1C(=O)/C=C/c1ccc(-c2ccccc2Cl)o1. The van der Waals surface area contributed by atoms with Crippen molar-refractivity contribution < 1.29 is 9.21 Å². The van der Waals surface area contributed by atoms with Crippen molar-refractivity contribution in [2.75, 3.05) is 0 Å². The number of carbonyl (C=O) groups excluding carboxylic acids is 1. The maximum absolute atomic E-state index is 12.2. The minimum Gasteiger partial charge on any atom is -0.457 e. The molecular formula is C18H15ClN2O2. The Labute approximate surface area is 139 Å². The van der Waals surface area contributed by atoms with Crippen LogP contribution in [0.3, 0.4) is 0 Å². The van der Waals surface area contributed by atoms with Gasteiger partial charge >= 0.3 is 0 Å². The molecule has 0 radical (unpaired) electrons. The first-order valence-corrected chi connectivity index (χ1v) is 7.66. The van der Waals surface area contributed by atoms with Crippen molar-refractivity contribution in [2.45, 2.75) is 13.5 Å². The van der Waals surface area contributed by atoms with Crippen molar-refractivity contribution in [2.24, 2.45) is 0 Å². The van der Waals surface area contributed by atoms with Gasteiger partial charge in [0.25, 0.3) is 0 Å². The van der Waals surface area contributed by atoms with Gasteiger partial charge in [-0.05, 0) is 49.4 Å². The number of hydrogen-bond donors (Lipinski definition) is 0. The van der Waals surface area contributed by atoms with Crippen LogP contribution in [0.25, 0.3) is 17.4 Å². The van der Waals surface area contributed by atoms with E-state index >= 15 is 0 Å². The standard InChI is InChI=1S/C18H15ClN2O2/c1-2-21-16(11-12-20-21)17(22)9-7-13-8-10-18(23-13)14-5-3-4-6-15(14)19/h3-12H,2H2,1H3/b9-7+. The van der Waals surface area contributed by atoms with Crippen molar-refractivity contribution in [3.05, 3.63) is 71.2 Å². The summed E-state index contributed by atoms with van der Waals surface area (Å²) in [5.74, 6) is 1.15. The number of nitrogens with zero attached hydrogens (tertiary/aromatic N) is 2. The van der Waals surface area contributed by atoms with Crippen molar-refractivity contribution in [1.82, 2.24) is 9.78 Å². The van der Waals surface area contributed by atoms with Gasteiger partial charge in [0, 0.05) is 18.3 Å². The molecule has 0 aliphatic heterocycles. The number of carbonyl (C=O) groups is 1. The number of furan rings is 1. The van der Waals surface area contributed by atoms with E-state index in [0.29, 0.717) is 28.8 Å². The summed E-state index contributed by atoms with van der Waals surface area (Å²) < 4.78 is 7.39. The molecule has 0 N–H and O–H groups in total. The summed E-state index contributed by atoms with van der Waals surface area (Å²) >= 11 is 6.15. The number of aromatic nitrogens is 2. The molecule has 0 aliphatic carbocycles. The van der Waals surface area contributed by atoms with Gasteiger partial charge < -0.3 is 4.42 Å². The number of ketones is 1. The second-order valence-electron chi connectivity index (χ2n) is 4.91. The molecular weight excluding hydrogens is 312 g/mol. The summed E-state index contributed by atoms with van der Waals surface area (Å²) in [6.07, 6.45) is 4.75. The quantitative estimate of drug-likeness (QED) is 0.504. The number of aryl methyl sites for hydroxylation is 1. The van der Waals surface area contributed by atoms with Gasteiger partial charge in [-0.1, -0.05) is 23.7 Å². The topological polar surface area (TPSA) is 48.0 Å². The molecule has 3 rings (SSSR count). The van der Waals surface area contributed by atoms with E-state index in [2.05, 4.69) is 5.10 Å². The number of allylic oxidation sites excluding steroid dienone is 1. The molecule has 23 heavy (non-hydrogen) atoms. The first kappa shape index (κ1) is 15.3. The number of rotatable bonds is 5. The Kier molecular flexibility index (Phi) is 4.44. The van der Waals surface area contributed by atoms with E-state index in [0.717, 1.165) is 5.56 Å². The van der Waals surface area contributed by atoms with Gasteiger partial charge in [-0.15, -0.1) is 0 Å². The lowest BCUT2D eigenvalue weighted by molar-refractivity contribution is 0.103. The van der Waals surface area contributed by atoms with Crippen LogP contribution < -0.4 is 0 Å². The van der Waals surface area contributed by atoms with Gasteiger partial charge in [0.1, 0.15) is 17.2 Å². The van der Waals surface area contributed by atoms with Crippen LogP contribution in [0.15, 0.2) is 59.2 Å². The lowest BCUT2D eigenvalue weighted by Crippen LogP contribution is -2.07. The van der Waals surface area contributed by atoms with Gasteiger partial charge in [0.2, 0.25) is 5.78 Å². The van der Waals surface area contributed by atoms with Gasteiger partial charge in [-0.2, -0.15) is 5.10 Å². The van der Waals surface area contributed by atoms with Crippen molar-refractivity contribution in [3.63, 3.8) is 0 Å². The molecule has 116 valence electrons. The molecule has 0 atom stereocenters. The highest BCUT2D eigenvalue weighted by molar-refractivity contribution is 6.33. The highest BCUT2D eigenvalue weighted by Gasteiger charge is 2.09. The Balaban J connectivity index is 1.79. The van der Waals surface area contributed by atoms with E-state index in [9.17, 15) is 4.79 Å². The highest BCUT2D eigenvalue weighted by Crippen LogP contribution is 2.29. The molecule has 3 aromatic rings. The van der Waals surface area contributed by atoms with Gasteiger partial charge in [-0.25, -0.2) is 0 Å². The minimum absolute atomic E-state index is 0.111. The largest absolute Gasteiger partial charge is 0.457 e. The normalized spacial score (nSPS) is 11.2. The first-order chi connectivity index (χ1) is 11.2. The van der Waals surface area contributed by atoms with E-state index in [4.69, 9.17) is 16.0 Å². The zero-order valence-electron chi connectivity index (χ0n) is 12.6. The molecule has 1 aromatic carbocycles. The molecule has 0 fully saturated rings. The highest BCUT2D eigenvalue weighted by atomic mass is 35.5. The second kappa shape index (κ2) is 6.67. The van der Waals surface area contributed by atoms with Crippen molar-refractivity contribution in [3.8, 4) is 11.3 Å². The van der Waals surface area contributed by atoms with Crippen LogP contribution in [0.1, 0.15) is 23.2 Å². The van der Waals surface area contributed by atoms with Crippen LogP contribution in [-0.2, 0) is 6.54 Å². The fourth-order valence-electron chi connectivity index (χ4n) is 2.29. The van der Waals surface area contributed by atoms with E-state index in [-0.39, 0.29) is 5.78 Å². The maximum atomic E-state index is 12.2. The molecule has 0 saturated heterocycles. The summed E-state index contributed by atoms with van der Waals surface area (Å²) in [5.41, 5.74) is 1.38. The molecule has 0 spiro atoms. The third kappa shape index (κ3) is 3.27. The van der Waals surface area contributed by atoms with Crippen molar-refractivity contribution >= 4 is 23.5 Å². The zero-order chi connectivity index (χ0) is 16.2. The Morgan fingerprint density at radius 2 is 2.09 bits per heavy atom. The number of benzene rings is 1. The average molecular weight is 327 g/mol. The van der Waals surface area contributed by atoms with Crippen LogP contribution in [0, 0.1) is 0 Å². The predicted octanol–water partition coefficient (Wildman–Crippen LogP) is 4.71. The fraction of sp³-hybridized carbons (Fsp3) is 0.111. The van der Waals surface area contributed by atoms with Gasteiger partial charge in [-0.3, -0.25) is 9.48 Å². The summed E-state index contributed by atoms with van der Waals surface area (Å²) in [6, 6.07) is 12.8. The Morgan fingerprint density at radius 1 is 1.26 bits per heavy atom. The molecule has 0 amide bonds. The maximum Gasteiger partial charge on any atom is 0.203 e. The zero-order valence-corrected chi connectivity index (χ0v) is 13.3. The van der Waals surface area contributed by atoms with Gasteiger partial charge in [0.05, 0.1) is 5.02 Å². The van der Waals surface area contributed by atoms with Crippen LogP contribution in [-0.4, -0.2) is 15.6 Å². The predicted molar refractivity (Wildman–Crippen MR) is 90.4 cm³/mol. The van der Waals surface area contributed by atoms with Crippen LogP contribution in [0.4, 0.5) is 0 Å². The van der Waals surface area contributed by atoms with E-state index in [1.165, 1.54) is 6.08 Å². The third-order valence-corrected chi connectivity index (χ3v) is 3.76. The molecule has 0 saturated carbocycles. The van der Waals surface area contributed by atoms with Crippen LogP contribution in [0.5, 0.6) is 0 Å². The van der Waals surface area contributed by atoms with E-state index < -0.39 is 0 Å². The molecule has 0 bridgehead atoms. The Morgan fingerprint density at radius 3 is 2.87 bits per heavy atom. The van der Waals surface area contributed by atoms with E-state index in [1.54, 1.807) is 29.1 Å². The summed E-state index contributed by atoms with van der Waals surface area (Å²) in [7, 11) is 0. The van der Waals surface area contributed by atoms with Gasteiger partial charge in [0.15, 0.2) is 0 Å². The second-order valence-corrected chi connectivity index (χ2v) is 5.32. The van der Waals surface area contributed by atoms with E-state index in [1.807, 2.05) is 37.3 Å². The monoisotopic (exact) mass is 326 g/mol. The van der Waals surface area contributed by atoms with Crippen LogP contribution >= 0.6 is 11.6 Å². The molecule has 2 heterocycles. The third-order valence-electron chi connectivity index (χ3n) is 3.43. The Bertz CT molecular complexity index is 861. The number of hydrogen-bond acceptors (Lipinski definition) is 3. The van der Waals surface area contributed by atoms with Crippen molar-refractivity contribution in [1.29, 1.82) is 0 Å². The molecule has 0 aliphatic rings. The fourth-order valence-corrected chi connectivity index (χ4v) is 2.51. The molecule has 2 aromatic heterocycles. The Hall–Kier alpha value is -2.59. The number of halogens is 1. The summed E-state index contributed by atoms with van der Waals surface area (Å²) in [4.78, 5) is 12.2. The molecule has 0 unspecified atom stereocenters. The van der Waals surface area contributed by atoms with Crippen LogP contribution in [0.2, 0.25) is 5.02 Å². The molecule has 4 nitrogen and oxygen atoms in total. The minimum atomic E-state index is -0.111. The lowest BCUT2D eigenvalue weighted by Gasteiger charge is -2.00. The first-order valence-electron chi connectivity index (χ1n) is 7.28. The lowest BCUT2D eigenvalue weighted by atomic mass is 10.2. The summed E-state index contributed by atoms with van der Waals surface area (Å²) in [5, 5.41) is 4.71. The molecule has 5 heteroatoms. The average Bonchev–Trinajstić information content (AvgIpc) is 3.22. The smallest absolute Gasteiger partial charge is 0.203 e.